The molecule has 0 spiro atoms. The van der Waals surface area contributed by atoms with Crippen LogP contribution in [0.25, 0.3) is 0 Å². The molecule has 0 heterocycles. The summed E-state index contributed by atoms with van der Waals surface area (Å²) in [6.07, 6.45) is 2.71. The molecule has 10 N–H and O–H groups in total. The fraction of sp³-hybridized carbons (Fsp3) is 0.700. The molecule has 0 aliphatic rings. The van der Waals surface area contributed by atoms with Crippen LogP contribution in [0.4, 0.5) is 14.4 Å². The van der Waals surface area contributed by atoms with Gasteiger partial charge in [-0.3, -0.25) is 5.43 Å². The summed E-state index contributed by atoms with van der Waals surface area (Å²) < 4.78 is 4.18. The monoisotopic (exact) mass is 294 g/mol. The Morgan fingerprint density at radius 3 is 1.75 bits per heavy atom. The van der Waals surface area contributed by atoms with Gasteiger partial charge in [0, 0.05) is 6.54 Å². The van der Waals surface area contributed by atoms with E-state index in [1.807, 2.05) is 0 Å². The molecule has 0 atom stereocenters. The first-order valence-electron chi connectivity index (χ1n) is 6.03. The number of nitrogens with two attached hydrogens (primary N) is 4. The molecule has 0 bridgehead atoms. The van der Waals surface area contributed by atoms with Crippen LogP contribution in [0, 0.1) is 0 Å². The third-order valence-electron chi connectivity index (χ3n) is 1.40. The molecule has 0 saturated heterocycles. The third-order valence-corrected chi connectivity index (χ3v) is 1.40. The number of hydrazine groups is 1. The molecule has 0 rings (SSSR count). The Hall–Kier alpha value is -2.23. The van der Waals surface area contributed by atoms with Gasteiger partial charge in [0.05, 0.1) is 6.61 Å². The highest BCUT2D eigenvalue weighted by Gasteiger charge is 1.88. The van der Waals surface area contributed by atoms with Crippen molar-refractivity contribution in [2.45, 2.75) is 33.1 Å². The quantitative estimate of drug-likeness (QED) is 0.283. The van der Waals surface area contributed by atoms with Crippen LogP contribution >= 0.6 is 0 Å². The van der Waals surface area contributed by atoms with E-state index in [0.717, 1.165) is 13.0 Å². The third kappa shape index (κ3) is 57.0. The average molecular weight is 294 g/mol. The van der Waals surface area contributed by atoms with Gasteiger partial charge in [0.1, 0.15) is 0 Å². The largest absolute Gasteiger partial charge is 0.450 e. The second kappa shape index (κ2) is 19.1. The molecule has 0 aliphatic carbocycles. The number of carbonyl (C=O) groups is 3. The van der Waals surface area contributed by atoms with Crippen molar-refractivity contribution in [3.63, 3.8) is 0 Å². The minimum Gasteiger partial charge on any atom is -0.450 e. The Balaban J connectivity index is -0.000000246. The van der Waals surface area contributed by atoms with Crippen molar-refractivity contribution in [1.82, 2.24) is 10.9 Å². The molecule has 5 amide bonds. The zero-order valence-electron chi connectivity index (χ0n) is 12.0. The minimum atomic E-state index is -0.833. The van der Waals surface area contributed by atoms with Gasteiger partial charge in [0.2, 0.25) is 0 Å². The maximum atomic E-state index is 10.1. The molecule has 10 heteroatoms. The van der Waals surface area contributed by atoms with Gasteiger partial charge in [0.15, 0.2) is 0 Å². The Kier molecular flexibility index (Phi) is 21.9. The van der Waals surface area contributed by atoms with Gasteiger partial charge in [-0.1, -0.05) is 19.8 Å². The number of rotatable bonds is 6. The lowest BCUT2D eigenvalue weighted by atomic mass is 10.2. The highest BCUT2D eigenvalue weighted by atomic mass is 16.5. The van der Waals surface area contributed by atoms with Crippen molar-refractivity contribution < 1.29 is 19.1 Å². The fourth-order valence-corrected chi connectivity index (χ4v) is 0.755. The maximum Gasteiger partial charge on any atom is 0.404 e. The van der Waals surface area contributed by atoms with Gasteiger partial charge in [-0.15, -0.1) is 0 Å². The van der Waals surface area contributed by atoms with Crippen molar-refractivity contribution in [3.8, 4) is 0 Å². The summed E-state index contributed by atoms with van der Waals surface area (Å²) in [6.45, 7) is 4.97. The second-order valence-electron chi connectivity index (χ2n) is 3.28. The zero-order valence-corrected chi connectivity index (χ0v) is 12.0. The molecular formula is C10H26N6O4. The molecule has 0 aromatic rings. The molecule has 120 valence electrons. The lowest BCUT2D eigenvalue weighted by Gasteiger charge is -2.02. The van der Waals surface area contributed by atoms with Crippen LogP contribution in [-0.4, -0.2) is 31.3 Å². The van der Waals surface area contributed by atoms with Crippen LogP contribution in [0.3, 0.4) is 0 Å². The summed E-state index contributed by atoms with van der Waals surface area (Å²) in [5.41, 5.74) is 22.8. The van der Waals surface area contributed by atoms with E-state index in [4.69, 9.17) is 10.5 Å². The smallest absolute Gasteiger partial charge is 0.404 e. The molecule has 0 radical (unpaired) electrons. The van der Waals surface area contributed by atoms with E-state index in [0.29, 0.717) is 6.61 Å². The van der Waals surface area contributed by atoms with E-state index in [9.17, 15) is 9.59 Å². The molecule has 20 heavy (non-hydrogen) atoms. The van der Waals surface area contributed by atoms with Gasteiger partial charge in [0.25, 0.3) is 0 Å². The maximum absolute atomic E-state index is 10.1. The van der Waals surface area contributed by atoms with Crippen molar-refractivity contribution >= 4 is 18.2 Å². The lowest BCUT2D eigenvalue weighted by molar-refractivity contribution is 0.163. The Morgan fingerprint density at radius 2 is 1.50 bits per heavy atom. The number of hydrogen-bond donors (Lipinski definition) is 6. The first-order valence-corrected chi connectivity index (χ1v) is 6.03. The van der Waals surface area contributed by atoms with E-state index >= 15 is 0 Å². The first-order chi connectivity index (χ1) is 9.27. The Morgan fingerprint density at radius 1 is 1.00 bits per heavy atom. The number of nitrogens with one attached hydrogen (secondary N) is 2. The summed E-state index contributed by atoms with van der Waals surface area (Å²) in [4.78, 5) is 28.7. The van der Waals surface area contributed by atoms with Crippen molar-refractivity contribution in [2.75, 3.05) is 13.2 Å². The number of hydrogen-bond acceptors (Lipinski definition) is 5. The van der Waals surface area contributed by atoms with Crippen molar-refractivity contribution in [1.29, 1.82) is 0 Å². The van der Waals surface area contributed by atoms with Crippen LogP contribution in [-0.2, 0) is 4.74 Å². The minimum absolute atomic E-state index is 0.356. The van der Waals surface area contributed by atoms with E-state index in [-0.39, 0.29) is 0 Å². The number of carbonyl (C=O) groups excluding carboxylic acids is 3. The average Bonchev–Trinajstić information content (AvgIpc) is 2.28. The van der Waals surface area contributed by atoms with Crippen LogP contribution in [0.5, 0.6) is 0 Å². The summed E-state index contributed by atoms with van der Waals surface area (Å²) in [6, 6.07) is -1.36. The number of amides is 5. The lowest BCUT2D eigenvalue weighted by Crippen LogP contribution is -2.41. The van der Waals surface area contributed by atoms with Crippen LogP contribution in [0.1, 0.15) is 33.1 Å². The predicted octanol–water partition coefficient (Wildman–Crippen LogP) is -0.525. The van der Waals surface area contributed by atoms with E-state index in [1.165, 1.54) is 12.8 Å². The fourth-order valence-electron chi connectivity index (χ4n) is 0.755. The highest BCUT2D eigenvalue weighted by molar-refractivity contribution is 5.70. The van der Waals surface area contributed by atoms with Gasteiger partial charge < -0.3 is 27.7 Å². The number of unbranched alkanes of at least 4 members (excludes halogenated alkanes) is 2. The van der Waals surface area contributed by atoms with Crippen molar-refractivity contribution in [3.05, 3.63) is 0 Å². The molecule has 0 aromatic heterocycles. The number of ether oxygens (including phenoxy) is 1. The second-order valence-corrected chi connectivity index (χ2v) is 3.28. The number of primary amides is 4. The van der Waals surface area contributed by atoms with Crippen LogP contribution < -0.4 is 33.8 Å². The van der Waals surface area contributed by atoms with Gasteiger partial charge in [-0.25, -0.2) is 19.8 Å². The molecule has 0 saturated carbocycles. The van der Waals surface area contributed by atoms with Crippen LogP contribution in [0.2, 0.25) is 0 Å². The van der Waals surface area contributed by atoms with Gasteiger partial charge in [-0.2, -0.15) is 0 Å². The zero-order chi connectivity index (χ0) is 16.4. The normalized spacial score (nSPS) is 8.10. The highest BCUT2D eigenvalue weighted by Crippen LogP contribution is 1.89. The van der Waals surface area contributed by atoms with Crippen LogP contribution in [0.15, 0.2) is 0 Å². The Labute approximate surface area is 118 Å². The molecule has 0 fully saturated rings. The summed E-state index contributed by atoms with van der Waals surface area (Å²) in [7, 11) is 0. The molecule has 0 aromatic carbocycles. The molecular weight excluding hydrogens is 268 g/mol. The SMILES string of the molecule is CCCCCNNC(N)=O.CCOC(N)=O.NC(N)=O. The van der Waals surface area contributed by atoms with Gasteiger partial charge in [-0.05, 0) is 13.3 Å². The predicted molar refractivity (Wildman–Crippen MR) is 75.2 cm³/mol. The summed E-state index contributed by atoms with van der Waals surface area (Å²) >= 11 is 0. The topological polar surface area (TPSA) is 189 Å². The summed E-state index contributed by atoms with van der Waals surface area (Å²) in [5, 5.41) is 0. The summed E-state index contributed by atoms with van der Waals surface area (Å²) in [5.74, 6) is 0. The standard InChI is InChI=1S/C6H15N3O.C3H7NO2.CH4N2O/c1-2-3-4-5-8-9-6(7)10;1-2-6-3(4)5;2-1(3)4/h8H,2-5H2,1H3,(H3,7,9,10);2H2,1H3,(H2,4,5);(H4,2,3,4). The number of urea groups is 2. The first kappa shape index (κ1) is 22.9. The molecule has 0 unspecified atom stereocenters. The van der Waals surface area contributed by atoms with Crippen molar-refractivity contribution in [2.24, 2.45) is 22.9 Å². The van der Waals surface area contributed by atoms with E-state index < -0.39 is 18.2 Å². The van der Waals surface area contributed by atoms with Gasteiger partial charge >= 0.3 is 18.2 Å². The molecule has 0 aliphatic heterocycles. The van der Waals surface area contributed by atoms with E-state index in [2.05, 4.69) is 39.7 Å². The molecule has 10 nitrogen and oxygen atoms in total. The Bertz CT molecular complexity index is 258. The van der Waals surface area contributed by atoms with E-state index in [1.54, 1.807) is 6.92 Å².